The van der Waals surface area contributed by atoms with Crippen LogP contribution in [0.3, 0.4) is 0 Å². The molecule has 1 aromatic carbocycles. The Morgan fingerprint density at radius 2 is 1.79 bits per heavy atom. The largest absolute Gasteiger partial charge is 0.352 e. The van der Waals surface area contributed by atoms with Crippen LogP contribution in [-0.2, 0) is 20.9 Å². The molecular weight excluding hydrogens is 361 g/mol. The minimum atomic E-state index is -0.640. The van der Waals surface area contributed by atoms with E-state index < -0.39 is 17.9 Å². The summed E-state index contributed by atoms with van der Waals surface area (Å²) in [5, 5.41) is 3.07. The van der Waals surface area contributed by atoms with Crippen molar-refractivity contribution in [2.45, 2.75) is 64.1 Å². The number of hydrogen-bond acceptors (Lipinski definition) is 3. The van der Waals surface area contributed by atoms with Gasteiger partial charge in [0.15, 0.2) is 0 Å². The maximum absolute atomic E-state index is 13.0. The molecule has 3 rings (SSSR count). The highest BCUT2D eigenvalue weighted by molar-refractivity contribution is 6.35. The third-order valence-corrected chi connectivity index (χ3v) is 5.65. The highest BCUT2D eigenvalue weighted by Crippen LogP contribution is 2.19. The fourth-order valence-electron chi connectivity index (χ4n) is 4.04. The summed E-state index contributed by atoms with van der Waals surface area (Å²) in [5.74, 6) is -1.76. The van der Waals surface area contributed by atoms with Gasteiger partial charge in [-0.05, 0) is 37.0 Å². The van der Waals surface area contributed by atoms with Crippen molar-refractivity contribution in [1.29, 1.82) is 0 Å². The molecule has 1 saturated heterocycles. The van der Waals surface area contributed by atoms with E-state index in [0.29, 0.717) is 19.5 Å². The molecule has 2 aliphatic rings. The smallest absolute Gasteiger partial charge is 0.312 e. The number of carbonyl (C=O) groups is 3. The Morgan fingerprint density at radius 1 is 1.11 bits per heavy atom. The van der Waals surface area contributed by atoms with Crippen molar-refractivity contribution in [3.8, 4) is 0 Å². The number of rotatable bonds is 6. The van der Waals surface area contributed by atoms with Crippen LogP contribution in [0.1, 0.15) is 51.0 Å². The molecule has 1 aliphatic carbocycles. The van der Waals surface area contributed by atoms with E-state index in [1.165, 1.54) is 28.4 Å². The minimum absolute atomic E-state index is 0.164. The van der Waals surface area contributed by atoms with E-state index in [4.69, 9.17) is 0 Å². The third kappa shape index (κ3) is 4.69. The van der Waals surface area contributed by atoms with Crippen LogP contribution in [0, 0.1) is 5.82 Å². The summed E-state index contributed by atoms with van der Waals surface area (Å²) in [6, 6.07) is 5.42. The Labute approximate surface area is 165 Å². The molecule has 152 valence electrons. The Balaban J connectivity index is 1.61. The molecule has 2 fully saturated rings. The van der Waals surface area contributed by atoms with Crippen LogP contribution in [0.2, 0.25) is 0 Å². The summed E-state index contributed by atoms with van der Waals surface area (Å²) in [5.41, 5.74) is 0.762. The van der Waals surface area contributed by atoms with Crippen molar-refractivity contribution >= 4 is 17.7 Å². The first-order valence-electron chi connectivity index (χ1n) is 10.1. The van der Waals surface area contributed by atoms with Crippen molar-refractivity contribution in [3.05, 3.63) is 35.6 Å². The molecule has 1 N–H and O–H groups in total. The van der Waals surface area contributed by atoms with Crippen molar-refractivity contribution in [2.75, 3.05) is 13.1 Å². The predicted molar refractivity (Wildman–Crippen MR) is 103 cm³/mol. The lowest BCUT2D eigenvalue weighted by atomic mass is 9.95. The van der Waals surface area contributed by atoms with Crippen LogP contribution in [0.25, 0.3) is 0 Å². The fraction of sp³-hybridized carbons (Fsp3) is 0.571. The molecular formula is C21H28FN3O3. The molecule has 0 unspecified atom stereocenters. The number of amides is 3. The average molecular weight is 389 g/mol. The fourth-order valence-corrected chi connectivity index (χ4v) is 4.04. The second-order valence-electron chi connectivity index (χ2n) is 7.62. The molecule has 1 aromatic rings. The molecule has 0 spiro atoms. The van der Waals surface area contributed by atoms with Gasteiger partial charge in [0.2, 0.25) is 5.91 Å². The SMILES string of the molecule is CC[C@@H](C(=O)NC1CCCCC1)N1CCN(Cc2ccc(F)cc2)C(=O)C1=O. The molecule has 0 radical (unpaired) electrons. The summed E-state index contributed by atoms with van der Waals surface area (Å²) in [4.78, 5) is 40.8. The zero-order chi connectivity index (χ0) is 20.1. The van der Waals surface area contributed by atoms with Crippen LogP contribution < -0.4 is 5.32 Å². The lowest BCUT2D eigenvalue weighted by Crippen LogP contribution is -2.60. The van der Waals surface area contributed by atoms with Crippen molar-refractivity contribution in [2.24, 2.45) is 0 Å². The van der Waals surface area contributed by atoms with E-state index >= 15 is 0 Å². The minimum Gasteiger partial charge on any atom is -0.352 e. The normalized spacial score (nSPS) is 19.6. The predicted octanol–water partition coefficient (Wildman–Crippen LogP) is 2.22. The lowest BCUT2D eigenvalue weighted by Gasteiger charge is -2.38. The van der Waals surface area contributed by atoms with E-state index in [9.17, 15) is 18.8 Å². The summed E-state index contributed by atoms with van der Waals surface area (Å²) in [7, 11) is 0. The zero-order valence-electron chi connectivity index (χ0n) is 16.3. The van der Waals surface area contributed by atoms with Crippen LogP contribution in [0.15, 0.2) is 24.3 Å². The van der Waals surface area contributed by atoms with Gasteiger partial charge in [0.05, 0.1) is 0 Å². The number of carbonyl (C=O) groups excluding carboxylic acids is 3. The van der Waals surface area contributed by atoms with Crippen LogP contribution in [0.4, 0.5) is 4.39 Å². The van der Waals surface area contributed by atoms with Gasteiger partial charge in [-0.25, -0.2) is 4.39 Å². The van der Waals surface area contributed by atoms with E-state index in [1.54, 1.807) is 12.1 Å². The van der Waals surface area contributed by atoms with Gasteiger partial charge in [0, 0.05) is 25.7 Å². The second kappa shape index (κ2) is 9.17. The molecule has 1 atom stereocenters. The van der Waals surface area contributed by atoms with E-state index in [1.807, 2.05) is 6.92 Å². The monoisotopic (exact) mass is 389 g/mol. The molecule has 0 aromatic heterocycles. The Hall–Kier alpha value is -2.44. The van der Waals surface area contributed by atoms with Crippen molar-refractivity contribution < 1.29 is 18.8 Å². The lowest BCUT2D eigenvalue weighted by molar-refractivity contribution is -0.160. The maximum atomic E-state index is 13.0. The van der Waals surface area contributed by atoms with E-state index in [-0.39, 0.29) is 24.3 Å². The van der Waals surface area contributed by atoms with Crippen molar-refractivity contribution in [1.82, 2.24) is 15.1 Å². The number of nitrogens with zero attached hydrogens (tertiary/aromatic N) is 2. The third-order valence-electron chi connectivity index (χ3n) is 5.65. The quantitative estimate of drug-likeness (QED) is 0.759. The molecule has 3 amide bonds. The van der Waals surface area contributed by atoms with Crippen LogP contribution >= 0.6 is 0 Å². The van der Waals surface area contributed by atoms with Gasteiger partial charge < -0.3 is 15.1 Å². The number of benzene rings is 1. The second-order valence-corrected chi connectivity index (χ2v) is 7.62. The van der Waals surface area contributed by atoms with Crippen LogP contribution in [0.5, 0.6) is 0 Å². The molecule has 0 bridgehead atoms. The highest BCUT2D eigenvalue weighted by Gasteiger charge is 2.38. The molecule has 6 nitrogen and oxygen atoms in total. The summed E-state index contributed by atoms with van der Waals surface area (Å²) < 4.78 is 13.0. The number of hydrogen-bond donors (Lipinski definition) is 1. The topological polar surface area (TPSA) is 69.7 Å². The van der Waals surface area contributed by atoms with Gasteiger partial charge >= 0.3 is 11.8 Å². The van der Waals surface area contributed by atoms with Gasteiger partial charge in [0.25, 0.3) is 0 Å². The first kappa shape index (κ1) is 20.3. The van der Waals surface area contributed by atoms with E-state index in [0.717, 1.165) is 31.2 Å². The first-order valence-corrected chi connectivity index (χ1v) is 10.1. The maximum Gasteiger partial charge on any atom is 0.312 e. The highest BCUT2D eigenvalue weighted by atomic mass is 19.1. The summed E-state index contributed by atoms with van der Waals surface area (Å²) in [6.45, 7) is 2.79. The van der Waals surface area contributed by atoms with Gasteiger partial charge in [0.1, 0.15) is 11.9 Å². The Kier molecular flexibility index (Phi) is 6.65. The molecule has 7 heteroatoms. The number of nitrogens with one attached hydrogen (secondary N) is 1. The molecule has 1 aliphatic heterocycles. The first-order chi connectivity index (χ1) is 13.5. The Bertz CT molecular complexity index is 716. The summed E-state index contributed by atoms with van der Waals surface area (Å²) in [6.07, 6.45) is 5.84. The summed E-state index contributed by atoms with van der Waals surface area (Å²) >= 11 is 0. The van der Waals surface area contributed by atoms with Crippen molar-refractivity contribution in [3.63, 3.8) is 0 Å². The molecule has 1 saturated carbocycles. The molecule has 1 heterocycles. The number of halogens is 1. The number of piperazine rings is 1. The zero-order valence-corrected chi connectivity index (χ0v) is 16.3. The van der Waals surface area contributed by atoms with Gasteiger partial charge in [-0.15, -0.1) is 0 Å². The Morgan fingerprint density at radius 3 is 2.43 bits per heavy atom. The molecule has 28 heavy (non-hydrogen) atoms. The van der Waals surface area contributed by atoms with Crippen LogP contribution in [-0.4, -0.2) is 52.7 Å². The van der Waals surface area contributed by atoms with E-state index in [2.05, 4.69) is 5.32 Å². The van der Waals surface area contributed by atoms with Gasteiger partial charge in [-0.1, -0.05) is 38.3 Å². The van der Waals surface area contributed by atoms with Gasteiger partial charge in [-0.3, -0.25) is 14.4 Å². The standard InChI is InChI=1S/C21H28FN3O3/c1-2-18(19(26)23-17-6-4-3-5-7-17)25-13-12-24(20(27)21(25)28)14-15-8-10-16(22)11-9-15/h8-11,17-18H,2-7,12-14H2,1H3,(H,23,26)/t18-/m0/s1. The average Bonchev–Trinajstić information content (AvgIpc) is 2.70. The van der Waals surface area contributed by atoms with Gasteiger partial charge in [-0.2, -0.15) is 0 Å².